The Bertz CT molecular complexity index is 1140. The maximum absolute atomic E-state index is 6.39. The molecular weight excluding hydrogens is 549 g/mol. The van der Waals surface area contributed by atoms with Crippen LogP contribution in [0, 0.1) is 0 Å². The fraction of sp³-hybridized carbons (Fsp3) is 0.111. The van der Waals surface area contributed by atoms with Crippen molar-refractivity contribution in [3.63, 3.8) is 0 Å². The molecule has 0 atom stereocenters. The van der Waals surface area contributed by atoms with Gasteiger partial charge in [-0.15, -0.1) is 0 Å². The summed E-state index contributed by atoms with van der Waals surface area (Å²) < 4.78 is 6.39. The predicted octanol–water partition coefficient (Wildman–Crippen LogP) is 7.25. The first-order valence-corrected chi connectivity index (χ1v) is 15.6. The molecule has 0 amide bonds. The second-order valence-corrected chi connectivity index (χ2v) is 12.5. The molecule has 0 saturated carbocycles. The Hall–Kier alpha value is -1.65. The molecule has 0 unspecified atom stereocenters. The average molecular weight is 572 g/mol. The zero-order valence-electron chi connectivity index (χ0n) is 17.7. The molecule has 0 fully saturated rings. The van der Waals surface area contributed by atoms with E-state index in [0.717, 1.165) is 11.5 Å². The summed E-state index contributed by atoms with van der Waals surface area (Å²) in [6.07, 6.45) is 0. The van der Waals surface area contributed by atoms with E-state index >= 15 is 0 Å². The van der Waals surface area contributed by atoms with Crippen LogP contribution in [0.5, 0.6) is 11.5 Å². The Morgan fingerprint density at radius 3 is 1.75 bits per heavy atom. The minimum absolute atomic E-state index is 0.106. The molecule has 32 heavy (non-hydrogen) atoms. The van der Waals surface area contributed by atoms with Gasteiger partial charge in [0.15, 0.2) is 0 Å². The van der Waals surface area contributed by atoms with Crippen LogP contribution in [0.4, 0.5) is 0 Å². The molecule has 4 aromatic carbocycles. The van der Waals surface area contributed by atoms with Gasteiger partial charge < -0.3 is 4.74 Å². The Labute approximate surface area is 207 Å². The third-order valence-corrected chi connectivity index (χ3v) is 8.16. The van der Waals surface area contributed by atoms with E-state index in [1.165, 1.54) is 27.0 Å². The molecule has 0 aliphatic carbocycles. The van der Waals surface area contributed by atoms with Crippen molar-refractivity contribution in [1.29, 1.82) is 0 Å². The van der Waals surface area contributed by atoms with E-state index in [1.807, 2.05) is 6.07 Å². The quantitative estimate of drug-likeness (QED) is 0.186. The summed E-state index contributed by atoms with van der Waals surface area (Å²) >= 11 is -0.106. The summed E-state index contributed by atoms with van der Waals surface area (Å²) in [6.45, 7) is 4.64. The van der Waals surface area contributed by atoms with Gasteiger partial charge in [0, 0.05) is 16.5 Å². The van der Waals surface area contributed by atoms with E-state index in [4.69, 9.17) is 23.8 Å². The second kappa shape index (κ2) is 10.5. The van der Waals surface area contributed by atoms with Crippen LogP contribution >= 0.6 is 27.0 Å². The van der Waals surface area contributed by atoms with E-state index in [-0.39, 0.29) is 21.4 Å². The van der Waals surface area contributed by atoms with Crippen molar-refractivity contribution in [2.75, 3.05) is 0 Å². The van der Waals surface area contributed by atoms with Crippen LogP contribution in [0.2, 0.25) is 0 Å². The standard InChI is InChI=1S/C27H23OP.2ClH.Pd/c1-27(2)22-16-9-10-17-23(22)28-24-18-11-19-25(26(24)27)29(20-12-5-3-6-13-20)21-14-7-4-8-15-21;;;/h3-19H,1-2H3;2*1H;/q;;;+2/p-2. The fourth-order valence-electron chi connectivity index (χ4n) is 4.33. The fourth-order valence-corrected chi connectivity index (χ4v) is 6.97. The Balaban J connectivity index is 0.000000775. The van der Waals surface area contributed by atoms with Gasteiger partial charge in [0.25, 0.3) is 0 Å². The molecule has 0 aromatic heterocycles. The number of hydrogen-bond acceptors (Lipinski definition) is 1. The van der Waals surface area contributed by atoms with Crippen LogP contribution in [0.1, 0.15) is 25.0 Å². The van der Waals surface area contributed by atoms with Gasteiger partial charge in [-0.3, -0.25) is 0 Å². The third-order valence-electron chi connectivity index (χ3n) is 5.68. The molecule has 5 rings (SSSR count). The molecule has 0 radical (unpaired) electrons. The van der Waals surface area contributed by atoms with Gasteiger partial charge in [0.2, 0.25) is 0 Å². The van der Waals surface area contributed by atoms with Crippen molar-refractivity contribution in [1.82, 2.24) is 0 Å². The van der Waals surface area contributed by atoms with Crippen LogP contribution in [0.15, 0.2) is 103 Å². The molecule has 0 saturated heterocycles. The molecule has 1 nitrogen and oxygen atoms in total. The Kier molecular flexibility index (Phi) is 7.73. The summed E-state index contributed by atoms with van der Waals surface area (Å²) in [7, 11) is 8.94. The van der Waals surface area contributed by atoms with Crippen molar-refractivity contribution in [3.8, 4) is 11.5 Å². The average Bonchev–Trinajstić information content (AvgIpc) is 2.81. The topological polar surface area (TPSA) is 9.23 Å². The zero-order chi connectivity index (χ0) is 22.6. The molecular formula is C27H23Cl2OPPd. The van der Waals surface area contributed by atoms with Crippen LogP contribution in [0.25, 0.3) is 0 Å². The molecule has 0 spiro atoms. The number of fused-ring (bicyclic) bond motifs is 2. The summed E-state index contributed by atoms with van der Waals surface area (Å²) in [5.74, 6) is 1.94. The summed E-state index contributed by atoms with van der Waals surface area (Å²) in [5, 5.41) is 4.09. The van der Waals surface area contributed by atoms with Gasteiger partial charge in [-0.2, -0.15) is 0 Å². The molecule has 5 heteroatoms. The third kappa shape index (κ3) is 4.68. The molecule has 1 aliphatic heterocycles. The van der Waals surface area contributed by atoms with Crippen molar-refractivity contribution in [2.24, 2.45) is 0 Å². The second-order valence-electron chi connectivity index (χ2n) is 7.93. The minimum atomic E-state index is -0.688. The normalized spacial score (nSPS) is 13.4. The number of benzene rings is 4. The molecule has 166 valence electrons. The van der Waals surface area contributed by atoms with Crippen LogP contribution in [0.3, 0.4) is 0 Å². The number of hydrogen-bond donors (Lipinski definition) is 0. The van der Waals surface area contributed by atoms with Gasteiger partial charge >= 0.3 is 35.0 Å². The number of para-hydroxylation sites is 1. The number of rotatable bonds is 3. The van der Waals surface area contributed by atoms with Crippen molar-refractivity contribution >= 4 is 42.9 Å². The van der Waals surface area contributed by atoms with Gasteiger partial charge in [-0.25, -0.2) is 0 Å². The van der Waals surface area contributed by atoms with E-state index in [2.05, 4.69) is 111 Å². The van der Waals surface area contributed by atoms with Crippen molar-refractivity contribution in [3.05, 3.63) is 114 Å². The maximum atomic E-state index is 6.39. The van der Waals surface area contributed by atoms with Crippen LogP contribution < -0.4 is 20.7 Å². The molecule has 1 aliphatic rings. The summed E-state index contributed by atoms with van der Waals surface area (Å²) in [4.78, 5) is 0. The van der Waals surface area contributed by atoms with E-state index in [0.29, 0.717) is 0 Å². The molecule has 1 heterocycles. The Morgan fingerprint density at radius 1 is 0.656 bits per heavy atom. The van der Waals surface area contributed by atoms with Crippen LogP contribution in [-0.4, -0.2) is 0 Å². The van der Waals surface area contributed by atoms with Crippen LogP contribution in [-0.2, 0) is 21.4 Å². The molecule has 0 N–H and O–H groups in total. The number of halogens is 2. The first-order chi connectivity index (χ1) is 15.6. The zero-order valence-corrected chi connectivity index (χ0v) is 21.7. The molecule has 0 bridgehead atoms. The van der Waals surface area contributed by atoms with Gasteiger partial charge in [0.05, 0.1) is 0 Å². The first-order valence-electron chi connectivity index (χ1n) is 10.2. The summed E-state index contributed by atoms with van der Waals surface area (Å²) in [6, 6.07) is 36.7. The monoisotopic (exact) mass is 570 g/mol. The Morgan fingerprint density at radius 2 is 1.16 bits per heavy atom. The number of ether oxygens (including phenoxy) is 1. The van der Waals surface area contributed by atoms with Crippen molar-refractivity contribution in [2.45, 2.75) is 19.3 Å². The van der Waals surface area contributed by atoms with E-state index in [1.54, 1.807) is 0 Å². The van der Waals surface area contributed by atoms with E-state index in [9.17, 15) is 0 Å². The van der Waals surface area contributed by atoms with Gasteiger partial charge in [-0.05, 0) is 36.0 Å². The first kappa shape index (κ1) is 23.5. The van der Waals surface area contributed by atoms with Gasteiger partial charge in [-0.1, -0.05) is 105 Å². The van der Waals surface area contributed by atoms with E-state index < -0.39 is 7.92 Å². The van der Waals surface area contributed by atoms with Crippen molar-refractivity contribution < 1.29 is 20.7 Å². The van der Waals surface area contributed by atoms with Gasteiger partial charge in [0.1, 0.15) is 11.5 Å². The SMILES string of the molecule is CC1(C)c2ccccc2Oc2cccc(P(c3ccccc3)c3ccccc3)c21.[Cl][Pd][Cl]. The summed E-state index contributed by atoms with van der Waals surface area (Å²) in [5.41, 5.74) is 2.42. The molecule has 4 aromatic rings. The predicted molar refractivity (Wildman–Crippen MR) is 135 cm³/mol.